The number of rotatable bonds is 4. The lowest BCUT2D eigenvalue weighted by Gasteiger charge is -2.34. The molecule has 2 aromatic rings. The Kier molecular flexibility index (Phi) is 4.52. The van der Waals surface area contributed by atoms with E-state index in [-0.39, 0.29) is 17.2 Å². The van der Waals surface area contributed by atoms with Gasteiger partial charge in [0.25, 0.3) is 0 Å². The van der Waals surface area contributed by atoms with E-state index in [1.807, 2.05) is 18.2 Å². The van der Waals surface area contributed by atoms with Gasteiger partial charge in [0, 0.05) is 38.4 Å². The maximum atomic E-state index is 12.9. The Bertz CT molecular complexity index is 920. The van der Waals surface area contributed by atoms with Crippen LogP contribution in [-0.4, -0.2) is 49.7 Å². The third kappa shape index (κ3) is 3.38. The maximum absolute atomic E-state index is 12.9. The summed E-state index contributed by atoms with van der Waals surface area (Å²) in [6.45, 7) is 3.20. The van der Waals surface area contributed by atoms with E-state index < -0.39 is 10.0 Å². The molecule has 0 bridgehead atoms. The van der Waals surface area contributed by atoms with Crippen LogP contribution < -0.4 is 5.32 Å². The van der Waals surface area contributed by atoms with Gasteiger partial charge in [0.1, 0.15) is 0 Å². The Morgan fingerprint density at radius 3 is 2.42 bits per heavy atom. The average molecular weight is 371 g/mol. The number of carbonyl (C=O) groups is 1. The lowest BCUT2D eigenvalue weighted by atomic mass is 10.2. The highest BCUT2D eigenvalue weighted by molar-refractivity contribution is 7.89. The third-order valence-corrected chi connectivity index (χ3v) is 6.81. The lowest BCUT2D eigenvalue weighted by molar-refractivity contribution is -0.115. The number of carbonyl (C=O) groups excluding carboxylic acids is 1. The van der Waals surface area contributed by atoms with Crippen LogP contribution in [0.25, 0.3) is 0 Å². The van der Waals surface area contributed by atoms with Gasteiger partial charge in [0.05, 0.1) is 11.3 Å². The molecule has 0 aliphatic carbocycles. The van der Waals surface area contributed by atoms with Gasteiger partial charge in [0.15, 0.2) is 0 Å². The number of hydrogen-bond donors (Lipinski definition) is 1. The summed E-state index contributed by atoms with van der Waals surface area (Å²) < 4.78 is 27.4. The second-order valence-corrected chi connectivity index (χ2v) is 8.65. The molecule has 1 amide bonds. The van der Waals surface area contributed by atoms with Gasteiger partial charge in [-0.3, -0.25) is 9.69 Å². The molecule has 0 saturated carbocycles. The van der Waals surface area contributed by atoms with Gasteiger partial charge in [-0.05, 0) is 29.3 Å². The number of piperazine rings is 1. The van der Waals surface area contributed by atoms with Crippen molar-refractivity contribution in [1.29, 1.82) is 0 Å². The molecule has 0 unspecified atom stereocenters. The van der Waals surface area contributed by atoms with Crippen LogP contribution in [0.15, 0.2) is 53.4 Å². The van der Waals surface area contributed by atoms with E-state index in [1.54, 1.807) is 22.5 Å². The Labute approximate surface area is 153 Å². The van der Waals surface area contributed by atoms with Crippen LogP contribution in [0.3, 0.4) is 0 Å². The number of nitrogens with zero attached hydrogens (tertiary/aromatic N) is 2. The fourth-order valence-electron chi connectivity index (χ4n) is 3.48. The summed E-state index contributed by atoms with van der Waals surface area (Å²) >= 11 is 0. The van der Waals surface area contributed by atoms with Crippen molar-refractivity contribution >= 4 is 21.6 Å². The molecule has 2 aliphatic rings. The second-order valence-electron chi connectivity index (χ2n) is 6.71. The molecule has 2 heterocycles. The summed E-state index contributed by atoms with van der Waals surface area (Å²) in [4.78, 5) is 14.0. The van der Waals surface area contributed by atoms with Crippen molar-refractivity contribution in [1.82, 2.24) is 9.21 Å². The highest BCUT2D eigenvalue weighted by atomic mass is 32.2. The van der Waals surface area contributed by atoms with E-state index in [2.05, 4.69) is 22.3 Å². The lowest BCUT2D eigenvalue weighted by Crippen LogP contribution is -2.48. The summed E-state index contributed by atoms with van der Waals surface area (Å²) in [6, 6.07) is 15.1. The van der Waals surface area contributed by atoms with Crippen LogP contribution in [0.2, 0.25) is 0 Å². The molecule has 2 aliphatic heterocycles. The molecular weight excluding hydrogens is 350 g/mol. The van der Waals surface area contributed by atoms with Crippen molar-refractivity contribution in [3.05, 3.63) is 59.7 Å². The highest BCUT2D eigenvalue weighted by Gasteiger charge is 2.30. The van der Waals surface area contributed by atoms with Crippen LogP contribution in [-0.2, 0) is 27.8 Å². The third-order valence-electron chi connectivity index (χ3n) is 4.92. The minimum absolute atomic E-state index is 0.0934. The van der Waals surface area contributed by atoms with Crippen LogP contribution in [0.4, 0.5) is 5.69 Å². The molecule has 1 N–H and O–H groups in total. The fourth-order valence-corrected chi connectivity index (χ4v) is 4.96. The maximum Gasteiger partial charge on any atom is 0.243 e. The molecule has 7 heteroatoms. The molecule has 1 fully saturated rings. The van der Waals surface area contributed by atoms with Gasteiger partial charge in [-0.15, -0.1) is 0 Å². The number of hydrogen-bond acceptors (Lipinski definition) is 4. The normalized spacial score (nSPS) is 18.5. The van der Waals surface area contributed by atoms with Gasteiger partial charge in [-0.25, -0.2) is 8.42 Å². The molecule has 0 atom stereocenters. The molecule has 1 saturated heterocycles. The number of sulfonamides is 1. The number of amides is 1. The van der Waals surface area contributed by atoms with Gasteiger partial charge in [0.2, 0.25) is 15.9 Å². The van der Waals surface area contributed by atoms with Crippen molar-refractivity contribution in [2.75, 3.05) is 31.5 Å². The summed E-state index contributed by atoms with van der Waals surface area (Å²) in [5, 5.41) is 2.73. The molecule has 6 nitrogen and oxygen atoms in total. The van der Waals surface area contributed by atoms with Gasteiger partial charge < -0.3 is 5.32 Å². The fraction of sp³-hybridized carbons (Fsp3) is 0.316. The molecular formula is C19H21N3O3S. The number of fused-ring (bicyclic) bond motifs is 1. The number of benzene rings is 2. The van der Waals surface area contributed by atoms with Crippen molar-refractivity contribution in [3.8, 4) is 0 Å². The largest absolute Gasteiger partial charge is 0.326 e. The zero-order valence-electron chi connectivity index (χ0n) is 14.4. The quantitative estimate of drug-likeness (QED) is 0.888. The van der Waals surface area contributed by atoms with E-state index in [0.29, 0.717) is 31.9 Å². The zero-order chi connectivity index (χ0) is 18.1. The highest BCUT2D eigenvalue weighted by Crippen LogP contribution is 2.27. The number of nitrogens with one attached hydrogen (secondary N) is 1. The van der Waals surface area contributed by atoms with Crippen LogP contribution in [0.1, 0.15) is 11.1 Å². The van der Waals surface area contributed by atoms with E-state index in [1.165, 1.54) is 5.56 Å². The predicted molar refractivity (Wildman–Crippen MR) is 99.3 cm³/mol. The molecule has 2 aromatic carbocycles. The topological polar surface area (TPSA) is 69.7 Å². The summed E-state index contributed by atoms with van der Waals surface area (Å²) in [5.74, 6) is -0.0934. The molecule has 0 spiro atoms. The molecule has 0 radical (unpaired) electrons. The minimum atomic E-state index is -3.53. The SMILES string of the molecule is O=C1Cc2cc(S(=O)(=O)N3CCN(Cc4ccccc4)CC3)ccc2N1. The average Bonchev–Trinajstić information content (AvgIpc) is 3.02. The van der Waals surface area contributed by atoms with E-state index in [4.69, 9.17) is 0 Å². The van der Waals surface area contributed by atoms with Gasteiger partial charge >= 0.3 is 0 Å². The Balaban J connectivity index is 1.44. The summed E-state index contributed by atoms with van der Waals surface area (Å²) in [6.07, 6.45) is 0.240. The summed E-state index contributed by atoms with van der Waals surface area (Å²) in [5.41, 5.74) is 2.69. The molecule has 0 aromatic heterocycles. The van der Waals surface area contributed by atoms with Crippen molar-refractivity contribution < 1.29 is 13.2 Å². The summed E-state index contributed by atoms with van der Waals surface area (Å²) in [7, 11) is -3.53. The van der Waals surface area contributed by atoms with E-state index in [9.17, 15) is 13.2 Å². The molecule has 4 rings (SSSR count). The van der Waals surface area contributed by atoms with Crippen molar-refractivity contribution in [2.45, 2.75) is 17.9 Å². The van der Waals surface area contributed by atoms with E-state index in [0.717, 1.165) is 12.1 Å². The first kappa shape index (κ1) is 17.2. The van der Waals surface area contributed by atoms with Crippen molar-refractivity contribution in [3.63, 3.8) is 0 Å². The standard InChI is InChI=1S/C19H21N3O3S/c23-19-13-16-12-17(6-7-18(16)20-19)26(24,25)22-10-8-21(9-11-22)14-15-4-2-1-3-5-15/h1-7,12H,8-11,13-14H2,(H,20,23). The van der Waals surface area contributed by atoms with E-state index >= 15 is 0 Å². The minimum Gasteiger partial charge on any atom is -0.326 e. The molecule has 26 heavy (non-hydrogen) atoms. The van der Waals surface area contributed by atoms with Crippen LogP contribution in [0.5, 0.6) is 0 Å². The number of anilines is 1. The second kappa shape index (κ2) is 6.83. The monoisotopic (exact) mass is 371 g/mol. The zero-order valence-corrected chi connectivity index (χ0v) is 15.2. The van der Waals surface area contributed by atoms with Crippen molar-refractivity contribution in [2.24, 2.45) is 0 Å². The first-order valence-electron chi connectivity index (χ1n) is 8.71. The first-order chi connectivity index (χ1) is 12.5. The van der Waals surface area contributed by atoms with Crippen LogP contribution in [0, 0.1) is 0 Å². The Morgan fingerprint density at radius 2 is 1.69 bits per heavy atom. The Hall–Kier alpha value is -2.22. The smallest absolute Gasteiger partial charge is 0.243 e. The molecule has 136 valence electrons. The predicted octanol–water partition coefficient (Wildman–Crippen LogP) is 1.69. The van der Waals surface area contributed by atoms with Gasteiger partial charge in [-0.2, -0.15) is 4.31 Å². The van der Waals surface area contributed by atoms with Gasteiger partial charge in [-0.1, -0.05) is 30.3 Å². The van der Waals surface area contributed by atoms with Crippen LogP contribution >= 0.6 is 0 Å². The first-order valence-corrected chi connectivity index (χ1v) is 10.2. The Morgan fingerprint density at radius 1 is 0.962 bits per heavy atom.